The molecule has 0 aromatic heterocycles. The standard InChI is InChI=1S/C18H17ClFN3O2/c19-15-8-7-13(9-14(15)17(24)22-12-5-6-12)23-18(25)21-10-11-3-1-2-4-16(11)20/h1-4,7-9,12H,5-6,10H2,(H,22,24)(H2,21,23,25). The summed E-state index contributed by atoms with van der Waals surface area (Å²) in [6, 6.07) is 10.6. The minimum Gasteiger partial charge on any atom is -0.349 e. The van der Waals surface area contributed by atoms with Crippen molar-refractivity contribution in [2.45, 2.75) is 25.4 Å². The van der Waals surface area contributed by atoms with Crippen LogP contribution in [0.5, 0.6) is 0 Å². The molecule has 1 aliphatic rings. The zero-order valence-electron chi connectivity index (χ0n) is 13.3. The van der Waals surface area contributed by atoms with E-state index in [1.165, 1.54) is 12.1 Å². The smallest absolute Gasteiger partial charge is 0.319 e. The number of benzene rings is 2. The normalized spacial score (nSPS) is 13.2. The van der Waals surface area contributed by atoms with Gasteiger partial charge in [-0.15, -0.1) is 0 Å². The number of urea groups is 1. The van der Waals surface area contributed by atoms with Gasteiger partial charge in [0.15, 0.2) is 0 Å². The predicted molar refractivity (Wildman–Crippen MR) is 94.2 cm³/mol. The van der Waals surface area contributed by atoms with Gasteiger partial charge in [-0.25, -0.2) is 9.18 Å². The van der Waals surface area contributed by atoms with Crippen LogP contribution in [0.3, 0.4) is 0 Å². The van der Waals surface area contributed by atoms with Gasteiger partial charge in [0.25, 0.3) is 5.91 Å². The largest absolute Gasteiger partial charge is 0.349 e. The number of nitrogens with one attached hydrogen (secondary N) is 3. The lowest BCUT2D eigenvalue weighted by Crippen LogP contribution is -2.29. The van der Waals surface area contributed by atoms with Crippen LogP contribution in [0.1, 0.15) is 28.8 Å². The number of hydrogen-bond donors (Lipinski definition) is 3. The van der Waals surface area contributed by atoms with Gasteiger partial charge in [-0.3, -0.25) is 4.79 Å². The predicted octanol–water partition coefficient (Wildman–Crippen LogP) is 3.69. The molecule has 2 aromatic carbocycles. The molecular weight excluding hydrogens is 345 g/mol. The third-order valence-corrected chi connectivity index (χ3v) is 4.11. The van der Waals surface area contributed by atoms with Crippen LogP contribution in [-0.4, -0.2) is 18.0 Å². The van der Waals surface area contributed by atoms with Crippen molar-refractivity contribution in [2.75, 3.05) is 5.32 Å². The second-order valence-electron chi connectivity index (χ2n) is 5.84. The zero-order valence-corrected chi connectivity index (χ0v) is 14.1. The van der Waals surface area contributed by atoms with Gasteiger partial charge in [-0.2, -0.15) is 0 Å². The molecule has 1 saturated carbocycles. The minimum absolute atomic E-state index is 0.0567. The Kier molecular flexibility index (Phi) is 5.19. The number of anilines is 1. The molecule has 3 amide bonds. The fraction of sp³-hybridized carbons (Fsp3) is 0.222. The summed E-state index contributed by atoms with van der Waals surface area (Å²) >= 11 is 6.06. The van der Waals surface area contributed by atoms with Gasteiger partial charge in [-0.1, -0.05) is 29.8 Å². The van der Waals surface area contributed by atoms with Crippen molar-refractivity contribution >= 4 is 29.2 Å². The highest BCUT2D eigenvalue weighted by Crippen LogP contribution is 2.24. The third kappa shape index (κ3) is 4.70. The first-order valence-electron chi connectivity index (χ1n) is 7.91. The fourth-order valence-corrected chi connectivity index (χ4v) is 2.46. The number of rotatable bonds is 5. The Labute approximate surface area is 149 Å². The van der Waals surface area contributed by atoms with Crippen molar-refractivity contribution < 1.29 is 14.0 Å². The summed E-state index contributed by atoms with van der Waals surface area (Å²) in [5.41, 5.74) is 1.12. The Morgan fingerprint density at radius 3 is 2.64 bits per heavy atom. The summed E-state index contributed by atoms with van der Waals surface area (Å²) < 4.78 is 13.5. The van der Waals surface area contributed by atoms with Crippen LogP contribution in [0.25, 0.3) is 0 Å². The first kappa shape index (κ1) is 17.2. The summed E-state index contributed by atoms with van der Waals surface area (Å²) in [4.78, 5) is 24.1. The minimum atomic E-state index is -0.501. The lowest BCUT2D eigenvalue weighted by Gasteiger charge is -2.11. The molecule has 0 saturated heterocycles. The van der Waals surface area contributed by atoms with Crippen LogP contribution in [0.4, 0.5) is 14.9 Å². The van der Waals surface area contributed by atoms with E-state index in [0.29, 0.717) is 21.8 Å². The Bertz CT molecular complexity index is 809. The molecule has 0 atom stereocenters. The summed E-state index contributed by atoms with van der Waals surface area (Å²) in [5.74, 6) is -0.642. The van der Waals surface area contributed by atoms with Gasteiger partial charge in [0.05, 0.1) is 10.6 Å². The second kappa shape index (κ2) is 7.53. The summed E-state index contributed by atoms with van der Waals surface area (Å²) in [6.45, 7) is 0.0567. The van der Waals surface area contributed by atoms with Gasteiger partial charge < -0.3 is 16.0 Å². The van der Waals surface area contributed by atoms with Crippen LogP contribution in [0.15, 0.2) is 42.5 Å². The molecule has 1 aliphatic carbocycles. The van der Waals surface area contributed by atoms with Crippen LogP contribution in [-0.2, 0) is 6.54 Å². The highest BCUT2D eigenvalue weighted by molar-refractivity contribution is 6.34. The number of amides is 3. The Hall–Kier alpha value is -2.60. The lowest BCUT2D eigenvalue weighted by atomic mass is 10.2. The van der Waals surface area contributed by atoms with E-state index in [1.807, 2.05) is 0 Å². The van der Waals surface area contributed by atoms with Gasteiger partial charge >= 0.3 is 6.03 Å². The number of carbonyl (C=O) groups excluding carboxylic acids is 2. The van der Waals surface area contributed by atoms with E-state index in [0.717, 1.165) is 12.8 Å². The molecule has 7 heteroatoms. The van der Waals surface area contributed by atoms with Crippen LogP contribution >= 0.6 is 11.6 Å². The molecule has 5 nitrogen and oxygen atoms in total. The quantitative estimate of drug-likeness (QED) is 0.760. The van der Waals surface area contributed by atoms with Gasteiger partial charge in [0, 0.05) is 23.8 Å². The van der Waals surface area contributed by atoms with Crippen molar-refractivity contribution in [2.24, 2.45) is 0 Å². The van der Waals surface area contributed by atoms with Crippen molar-refractivity contribution in [1.82, 2.24) is 10.6 Å². The third-order valence-electron chi connectivity index (χ3n) is 3.78. The van der Waals surface area contributed by atoms with E-state index >= 15 is 0 Å². The summed E-state index contributed by atoms with van der Waals surface area (Å²) in [7, 11) is 0. The van der Waals surface area contributed by atoms with E-state index in [9.17, 15) is 14.0 Å². The average Bonchev–Trinajstić information content (AvgIpc) is 3.40. The maximum atomic E-state index is 13.5. The molecule has 1 fully saturated rings. The van der Waals surface area contributed by atoms with Crippen LogP contribution in [0, 0.1) is 5.82 Å². The average molecular weight is 362 g/mol. The fourth-order valence-electron chi connectivity index (χ4n) is 2.26. The first-order valence-corrected chi connectivity index (χ1v) is 8.29. The molecule has 0 spiro atoms. The van der Waals surface area contributed by atoms with E-state index in [-0.39, 0.29) is 24.3 Å². The van der Waals surface area contributed by atoms with Crippen LogP contribution in [0.2, 0.25) is 5.02 Å². The topological polar surface area (TPSA) is 70.2 Å². The van der Waals surface area contributed by atoms with Gasteiger partial charge in [0.1, 0.15) is 5.82 Å². The first-order chi connectivity index (χ1) is 12.0. The molecule has 0 heterocycles. The number of carbonyl (C=O) groups is 2. The molecule has 25 heavy (non-hydrogen) atoms. The van der Waals surface area contributed by atoms with E-state index in [2.05, 4.69) is 16.0 Å². The lowest BCUT2D eigenvalue weighted by molar-refractivity contribution is 0.0951. The molecule has 3 rings (SSSR count). The van der Waals surface area contributed by atoms with E-state index < -0.39 is 6.03 Å². The monoisotopic (exact) mass is 361 g/mol. The highest BCUT2D eigenvalue weighted by atomic mass is 35.5. The van der Waals surface area contributed by atoms with E-state index in [1.54, 1.807) is 30.3 Å². The molecule has 0 aliphatic heterocycles. The summed E-state index contributed by atoms with van der Waals surface area (Å²) in [5, 5.41) is 8.35. The second-order valence-corrected chi connectivity index (χ2v) is 6.25. The SMILES string of the molecule is O=C(NCc1ccccc1F)Nc1ccc(Cl)c(C(=O)NC2CC2)c1. The highest BCUT2D eigenvalue weighted by Gasteiger charge is 2.24. The maximum absolute atomic E-state index is 13.5. The van der Waals surface area contributed by atoms with E-state index in [4.69, 9.17) is 11.6 Å². The maximum Gasteiger partial charge on any atom is 0.319 e. The number of halogens is 2. The molecule has 0 radical (unpaired) electrons. The van der Waals surface area contributed by atoms with Crippen LogP contribution < -0.4 is 16.0 Å². The van der Waals surface area contributed by atoms with Crippen molar-refractivity contribution in [3.63, 3.8) is 0 Å². The van der Waals surface area contributed by atoms with Crippen molar-refractivity contribution in [1.29, 1.82) is 0 Å². The molecule has 2 aromatic rings. The van der Waals surface area contributed by atoms with Crippen molar-refractivity contribution in [3.8, 4) is 0 Å². The van der Waals surface area contributed by atoms with Gasteiger partial charge in [0.2, 0.25) is 0 Å². The molecule has 3 N–H and O–H groups in total. The Morgan fingerprint density at radius 2 is 1.92 bits per heavy atom. The Morgan fingerprint density at radius 1 is 1.16 bits per heavy atom. The van der Waals surface area contributed by atoms with Crippen molar-refractivity contribution in [3.05, 3.63) is 64.4 Å². The number of hydrogen-bond acceptors (Lipinski definition) is 2. The molecular formula is C18H17ClFN3O2. The van der Waals surface area contributed by atoms with Gasteiger partial charge in [-0.05, 0) is 37.1 Å². The zero-order chi connectivity index (χ0) is 17.8. The molecule has 130 valence electrons. The Balaban J connectivity index is 1.61. The molecule has 0 unspecified atom stereocenters. The summed E-state index contributed by atoms with van der Waals surface area (Å²) in [6.07, 6.45) is 1.94. The molecule has 0 bridgehead atoms.